The number of ketones is 1. The van der Waals surface area contributed by atoms with Gasteiger partial charge in [-0.3, -0.25) is 9.59 Å². The second kappa shape index (κ2) is 11.6. The zero-order valence-corrected chi connectivity index (χ0v) is 27.1. The number of carboxylic acids is 1. The number of rotatable bonds is 5. The van der Waals surface area contributed by atoms with Crippen molar-refractivity contribution >= 4 is 91.2 Å². The van der Waals surface area contributed by atoms with Crippen LogP contribution in [0.4, 0.5) is 0 Å². The van der Waals surface area contributed by atoms with Gasteiger partial charge in [0.25, 0.3) is 0 Å². The number of aryl methyl sites for hydroxylation is 2. The number of ether oxygens (including phenoxy) is 1. The molecule has 0 saturated carbocycles. The fraction of sp³-hybridized carbons (Fsp3) is 0.171. The van der Waals surface area contributed by atoms with Crippen LogP contribution in [0.1, 0.15) is 75.2 Å². The van der Waals surface area contributed by atoms with Crippen molar-refractivity contribution in [3.05, 3.63) is 100 Å². The molecule has 3 N–H and O–H groups in total. The molecule has 0 unspecified atom stereocenters. The molecule has 10 heteroatoms. The first-order chi connectivity index (χ1) is 21.0. The van der Waals surface area contributed by atoms with E-state index in [2.05, 4.69) is 23.1 Å². The van der Waals surface area contributed by atoms with Gasteiger partial charge in [-0.25, -0.2) is 14.8 Å². The third-order valence-corrected chi connectivity index (χ3v) is 8.64. The van der Waals surface area contributed by atoms with Crippen molar-refractivity contribution in [3.63, 3.8) is 0 Å². The number of Topliss-reactive ketones (excluding diaryl/α,β-unsaturated/α-hetero) is 1. The Hall–Kier alpha value is -4.80. The summed E-state index contributed by atoms with van der Waals surface area (Å²) in [4.78, 5) is 55.4. The molecule has 1 atom stereocenters. The van der Waals surface area contributed by atoms with Gasteiger partial charge in [0.2, 0.25) is 22.8 Å². The van der Waals surface area contributed by atoms with Gasteiger partial charge < -0.3 is 19.8 Å². The molecule has 45 heavy (non-hydrogen) atoms. The van der Waals surface area contributed by atoms with Gasteiger partial charge in [0.15, 0.2) is 11.7 Å². The number of aromatic nitrogens is 4. The van der Waals surface area contributed by atoms with E-state index in [1.165, 1.54) is 13.2 Å². The molecule has 1 aliphatic carbocycles. The van der Waals surface area contributed by atoms with Crippen molar-refractivity contribution < 1.29 is 34.2 Å². The molecule has 8 bridgehead atoms. The minimum atomic E-state index is -1.28. The summed E-state index contributed by atoms with van der Waals surface area (Å²) in [6.07, 6.45) is 6.03. The molecule has 0 radical (unpaired) electrons. The Bertz CT molecular complexity index is 2160. The van der Waals surface area contributed by atoms with E-state index in [1.807, 2.05) is 39.0 Å². The van der Waals surface area contributed by atoms with Crippen LogP contribution in [0.5, 0.6) is 0 Å². The molecule has 5 heterocycles. The maximum Gasteiger partial charge on any atom is 2.00 e. The van der Waals surface area contributed by atoms with E-state index in [9.17, 15) is 19.5 Å². The Morgan fingerprint density at radius 1 is 0.889 bits per heavy atom. The zero-order valence-electron chi connectivity index (χ0n) is 25.7. The average Bonchev–Trinajstić information content (AvgIpc) is 3.72. The number of fused-ring (bicyclic) bond motifs is 8. The largest absolute Gasteiger partial charge is 2.00 e. The quantitative estimate of drug-likeness (QED) is 0.195. The zero-order chi connectivity index (χ0) is 31.6. The number of methoxy groups -OCH3 is 1. The van der Waals surface area contributed by atoms with Gasteiger partial charge >= 0.3 is 35.0 Å². The second-order valence-electron chi connectivity index (χ2n) is 11.0. The molecule has 220 valence electrons. The molecule has 0 amide bonds. The number of carboxylic acid groups (broad SMARTS) is 1. The van der Waals surface area contributed by atoms with Crippen molar-refractivity contribution in [1.29, 1.82) is 0 Å². The maximum atomic E-state index is 13.9. The van der Waals surface area contributed by atoms with Gasteiger partial charge in [-0.05, 0) is 57.5 Å². The number of nitrogens with zero attached hydrogens (tertiary/aromatic N) is 2. The van der Waals surface area contributed by atoms with Gasteiger partial charge in [0.05, 0.1) is 18.3 Å². The molecule has 3 aromatic rings. The van der Waals surface area contributed by atoms with Crippen LogP contribution in [0.15, 0.2) is 49.6 Å². The number of H-pyrrole nitrogens is 2. The van der Waals surface area contributed by atoms with Crippen LogP contribution in [-0.2, 0) is 14.3 Å². The van der Waals surface area contributed by atoms with E-state index in [0.717, 1.165) is 45.3 Å². The van der Waals surface area contributed by atoms with Crippen molar-refractivity contribution in [2.45, 2.75) is 33.6 Å². The van der Waals surface area contributed by atoms with Crippen LogP contribution in [0.3, 0.4) is 0 Å². The normalized spacial score (nSPS) is 15.5. The van der Waals surface area contributed by atoms with Crippen molar-refractivity contribution in [1.82, 2.24) is 9.97 Å². The van der Waals surface area contributed by atoms with E-state index in [1.54, 1.807) is 19.1 Å². The third-order valence-electron chi connectivity index (χ3n) is 8.64. The topological polar surface area (TPSA) is 137 Å². The number of nitrogens with one attached hydrogen (secondary N) is 2. The Labute approximate surface area is 275 Å². The Morgan fingerprint density at radius 3 is 2.16 bits per heavy atom. The van der Waals surface area contributed by atoms with Gasteiger partial charge in [0.1, 0.15) is 0 Å². The van der Waals surface area contributed by atoms with E-state index in [-0.39, 0.29) is 23.1 Å². The molecule has 0 fully saturated rings. The monoisotopic (exact) mass is 610 g/mol. The Morgan fingerprint density at radius 2 is 1.51 bits per heavy atom. The summed E-state index contributed by atoms with van der Waals surface area (Å²) in [5.74, 6) is -3.56. The van der Waals surface area contributed by atoms with Crippen LogP contribution in [0, 0.1) is 13.8 Å². The molecule has 6 rings (SSSR count). The first kappa shape index (κ1) is 31.6. The molecule has 9 nitrogen and oxygen atoms in total. The summed E-state index contributed by atoms with van der Waals surface area (Å²) in [5, 5.41) is 9.48. The van der Waals surface area contributed by atoms with E-state index >= 15 is 0 Å². The van der Waals surface area contributed by atoms with Gasteiger partial charge in [-0.1, -0.05) is 36.4 Å². The van der Waals surface area contributed by atoms with Crippen LogP contribution < -0.4 is 19.9 Å². The third kappa shape index (κ3) is 4.81. The minimum absolute atomic E-state index is 0. The first-order valence-corrected chi connectivity index (χ1v) is 14.0. The summed E-state index contributed by atoms with van der Waals surface area (Å²) in [6.45, 7) is 15.6. The average molecular weight is 611 g/mol. The summed E-state index contributed by atoms with van der Waals surface area (Å²) in [6, 6.07) is 5.72. The molecular formula is C35H30MgN4O5+2. The molecule has 3 aliphatic rings. The molecular weight excluding hydrogens is 581 g/mol. The number of esters is 1. The van der Waals surface area contributed by atoms with E-state index in [0.29, 0.717) is 55.8 Å². The first-order valence-electron chi connectivity index (χ1n) is 14.0. The molecule has 0 saturated heterocycles. The number of allylic oxidation sites excluding steroid dienone is 6. The standard InChI is InChI=1S/C35H30N4O5.Mg/c1-8-19-15(3)22-12-24-17(5)21(10-11-28(40)41)32(38-24)30-31(35(43)44-7)34(42)29-18(6)25(39-33(29)30)14-27-20(9-2)16(4)23(37-27)13-26(19)36-22;/h8-14,31H,1-2H2,3-7H3,(H3,36,37,38,39,40,41,42);/q;+2/b11-10+,22-12?,23-13?,24-12?,25-14?,26-13?,27-14?,32-30?;/t31-;/m1./s1. The van der Waals surface area contributed by atoms with Crippen LogP contribution >= 0.6 is 0 Å². The fourth-order valence-corrected chi connectivity index (χ4v) is 6.27. The van der Waals surface area contributed by atoms with Crippen molar-refractivity contribution in [2.75, 3.05) is 7.11 Å². The van der Waals surface area contributed by atoms with Gasteiger partial charge in [0, 0.05) is 28.3 Å². The maximum absolute atomic E-state index is 13.9. The molecule has 3 aromatic heterocycles. The number of aliphatic carboxylic acids is 1. The number of hydrogen-bond donors (Lipinski definition) is 1. The van der Waals surface area contributed by atoms with Crippen LogP contribution in [-0.4, -0.2) is 53.0 Å². The summed E-state index contributed by atoms with van der Waals surface area (Å²) in [5.41, 5.74) is 11.1. The number of hydrogen-bond acceptors (Lipinski definition) is 4. The summed E-state index contributed by atoms with van der Waals surface area (Å²) in [7, 11) is 1.23. The SMILES string of the molecule is C=CC1=C(C)c2cc3[n-]c(cc4[nH+]c(c5c6[n-]c(cc1[nH+]2)c(C)c6C(=O)[C@@H]5C(=O)OC)C(/C=C/C(=O)O)=C4C)c(C)c3C=C.[Mg+2]. The fourth-order valence-electron chi connectivity index (χ4n) is 6.27. The predicted octanol–water partition coefficient (Wildman–Crippen LogP) is 4.43. The molecule has 0 aromatic carbocycles. The van der Waals surface area contributed by atoms with Crippen molar-refractivity contribution in [2.24, 2.45) is 0 Å². The van der Waals surface area contributed by atoms with E-state index in [4.69, 9.17) is 14.7 Å². The molecule has 2 aliphatic heterocycles. The predicted molar refractivity (Wildman–Crippen MR) is 173 cm³/mol. The second-order valence-corrected chi connectivity index (χ2v) is 11.0. The number of carbonyl (C=O) groups is 3. The summed E-state index contributed by atoms with van der Waals surface area (Å²) < 4.78 is 5.09. The van der Waals surface area contributed by atoms with Crippen LogP contribution in [0.2, 0.25) is 0 Å². The Balaban J connectivity index is 0.00000400. The van der Waals surface area contributed by atoms with Crippen LogP contribution in [0.25, 0.3) is 50.4 Å². The minimum Gasteiger partial charge on any atom is -0.657 e. The number of aromatic amines is 2. The van der Waals surface area contributed by atoms with E-state index < -0.39 is 23.6 Å². The van der Waals surface area contributed by atoms with Crippen molar-refractivity contribution in [3.8, 4) is 0 Å². The molecule has 0 spiro atoms. The number of carbonyl (C=O) groups excluding carboxylic acids is 2. The Kier molecular flexibility index (Phi) is 8.15. The summed E-state index contributed by atoms with van der Waals surface area (Å²) >= 11 is 0. The van der Waals surface area contributed by atoms with Gasteiger partial charge in [-0.15, -0.1) is 22.1 Å². The smallest absolute Gasteiger partial charge is 0.657 e. The van der Waals surface area contributed by atoms with Gasteiger partial charge in [-0.2, -0.15) is 0 Å².